The van der Waals surface area contributed by atoms with E-state index in [1.807, 2.05) is 30.3 Å². The van der Waals surface area contributed by atoms with Gasteiger partial charge in [-0.25, -0.2) is 4.98 Å². The number of nitrogens with zero attached hydrogens (tertiary/aromatic N) is 3. The van der Waals surface area contributed by atoms with Gasteiger partial charge < -0.3 is 25.4 Å². The molecule has 184 valence electrons. The van der Waals surface area contributed by atoms with Crippen LogP contribution in [0.25, 0.3) is 10.9 Å². The molecule has 4 heterocycles. The lowest BCUT2D eigenvalue weighted by Crippen LogP contribution is -2.52. The maximum absolute atomic E-state index is 11.6. The number of thioether (sulfide) groups is 1. The number of anilines is 1. The van der Waals surface area contributed by atoms with E-state index in [1.54, 1.807) is 13.3 Å². The minimum atomic E-state index is -0.485. The van der Waals surface area contributed by atoms with E-state index < -0.39 is 6.10 Å². The van der Waals surface area contributed by atoms with Crippen LogP contribution in [0, 0.1) is 0 Å². The van der Waals surface area contributed by atoms with Crippen molar-refractivity contribution in [2.24, 2.45) is 0 Å². The third-order valence-corrected chi connectivity index (χ3v) is 7.93. The highest BCUT2D eigenvalue weighted by Gasteiger charge is 2.27. The molecule has 2 aliphatic heterocycles. The van der Waals surface area contributed by atoms with Crippen molar-refractivity contribution in [3.8, 4) is 5.75 Å². The summed E-state index contributed by atoms with van der Waals surface area (Å²) in [5.74, 6) is 1.80. The molecule has 2 atom stereocenters. The molecule has 3 N–H and O–H groups in total. The third-order valence-electron chi connectivity index (χ3n) is 6.56. The lowest BCUT2D eigenvalue weighted by Gasteiger charge is -2.36. The number of rotatable bonds is 7. The summed E-state index contributed by atoms with van der Waals surface area (Å²) in [6, 6.07) is 9.77. The maximum atomic E-state index is 11.6. The number of carbonyl (C=O) groups excluding carboxylic acids is 1. The Morgan fingerprint density at radius 3 is 3.06 bits per heavy atom. The van der Waals surface area contributed by atoms with Crippen LogP contribution in [0.5, 0.6) is 5.75 Å². The molecule has 2 aliphatic rings. The molecule has 1 aromatic carbocycles. The van der Waals surface area contributed by atoms with E-state index in [2.05, 4.69) is 25.5 Å². The SMILES string of the molecule is COc1ccc2ncc(Cl)c(CCN3CC[C@H](NCc4ccc5c(n4)NC(=O)CS5)[C@H](O)C3)c2c1. The van der Waals surface area contributed by atoms with E-state index in [4.69, 9.17) is 16.3 Å². The van der Waals surface area contributed by atoms with E-state index >= 15 is 0 Å². The molecule has 1 fully saturated rings. The maximum Gasteiger partial charge on any atom is 0.235 e. The van der Waals surface area contributed by atoms with Crippen LogP contribution in [-0.2, 0) is 17.8 Å². The number of nitrogens with one attached hydrogen (secondary N) is 2. The van der Waals surface area contributed by atoms with Crippen LogP contribution in [-0.4, -0.2) is 70.5 Å². The Morgan fingerprint density at radius 2 is 2.23 bits per heavy atom. The summed E-state index contributed by atoms with van der Waals surface area (Å²) in [4.78, 5) is 23.9. The van der Waals surface area contributed by atoms with Gasteiger partial charge >= 0.3 is 0 Å². The van der Waals surface area contributed by atoms with Crippen molar-refractivity contribution in [2.75, 3.05) is 37.8 Å². The lowest BCUT2D eigenvalue weighted by molar-refractivity contribution is -0.113. The van der Waals surface area contributed by atoms with Crippen LogP contribution in [0.15, 0.2) is 41.4 Å². The number of benzene rings is 1. The van der Waals surface area contributed by atoms with Crippen molar-refractivity contribution in [3.63, 3.8) is 0 Å². The Bertz CT molecular complexity index is 1240. The van der Waals surface area contributed by atoms with Gasteiger partial charge in [0.1, 0.15) is 11.6 Å². The van der Waals surface area contributed by atoms with E-state index in [-0.39, 0.29) is 11.9 Å². The lowest BCUT2D eigenvalue weighted by atomic mass is 10.00. The second-order valence-corrected chi connectivity index (χ2v) is 10.3. The number of fused-ring (bicyclic) bond motifs is 2. The molecule has 3 aromatic rings. The summed E-state index contributed by atoms with van der Waals surface area (Å²) in [7, 11) is 1.65. The van der Waals surface area contributed by atoms with Gasteiger partial charge in [0, 0.05) is 37.3 Å². The molecule has 0 saturated carbocycles. The molecule has 8 nitrogen and oxygen atoms in total. The molecule has 0 aliphatic carbocycles. The zero-order valence-corrected chi connectivity index (χ0v) is 21.0. The number of β-amino-alcohol motifs (C(OH)–C–C–N with tert-alkyl or cyclic N) is 1. The number of aromatic nitrogens is 2. The van der Waals surface area contributed by atoms with Crippen LogP contribution >= 0.6 is 23.4 Å². The summed E-state index contributed by atoms with van der Waals surface area (Å²) in [5.41, 5.74) is 2.78. The molecule has 0 bridgehead atoms. The first-order valence-corrected chi connectivity index (χ1v) is 13.0. The molecule has 0 unspecified atom stereocenters. The van der Waals surface area contributed by atoms with Crippen molar-refractivity contribution in [3.05, 3.63) is 52.8 Å². The Balaban J connectivity index is 1.16. The van der Waals surface area contributed by atoms with Crippen molar-refractivity contribution in [1.82, 2.24) is 20.2 Å². The zero-order chi connectivity index (χ0) is 24.4. The number of amides is 1. The molecule has 1 saturated heterocycles. The summed E-state index contributed by atoms with van der Waals surface area (Å²) in [6.45, 7) is 2.80. The van der Waals surface area contributed by atoms with Gasteiger partial charge in [-0.3, -0.25) is 9.78 Å². The molecule has 10 heteroatoms. The smallest absolute Gasteiger partial charge is 0.235 e. The van der Waals surface area contributed by atoms with Gasteiger partial charge in [0.2, 0.25) is 5.91 Å². The third kappa shape index (κ3) is 5.54. The van der Waals surface area contributed by atoms with E-state index in [0.29, 0.717) is 29.7 Å². The van der Waals surface area contributed by atoms with Crippen molar-refractivity contribution >= 4 is 46.0 Å². The highest BCUT2D eigenvalue weighted by molar-refractivity contribution is 8.00. The van der Waals surface area contributed by atoms with E-state index in [9.17, 15) is 9.90 Å². The average Bonchev–Trinajstić information content (AvgIpc) is 2.87. The predicted octanol–water partition coefficient (Wildman–Crippen LogP) is 3.10. The number of ether oxygens (including phenoxy) is 1. The second kappa shape index (κ2) is 10.7. The molecule has 0 radical (unpaired) electrons. The Kier molecular flexibility index (Phi) is 7.40. The van der Waals surface area contributed by atoms with Crippen LogP contribution in [0.4, 0.5) is 5.82 Å². The number of hydrogen-bond donors (Lipinski definition) is 3. The first kappa shape index (κ1) is 24.3. The number of carbonyl (C=O) groups is 1. The number of methoxy groups -OCH3 is 1. The highest BCUT2D eigenvalue weighted by atomic mass is 35.5. The highest BCUT2D eigenvalue weighted by Crippen LogP contribution is 2.30. The number of piperidine rings is 1. The predicted molar refractivity (Wildman–Crippen MR) is 138 cm³/mol. The second-order valence-electron chi connectivity index (χ2n) is 8.85. The minimum absolute atomic E-state index is 0.0114. The molecule has 2 aromatic heterocycles. The molecule has 1 amide bonds. The normalized spacial score (nSPS) is 20.5. The number of aliphatic hydroxyl groups excluding tert-OH is 1. The topological polar surface area (TPSA) is 99.6 Å². The average molecular weight is 514 g/mol. The summed E-state index contributed by atoms with van der Waals surface area (Å²) in [5, 5.41) is 18.7. The monoisotopic (exact) mass is 513 g/mol. The van der Waals surface area contributed by atoms with Gasteiger partial charge in [0.15, 0.2) is 0 Å². The Labute approximate surface area is 213 Å². The number of hydrogen-bond acceptors (Lipinski definition) is 8. The van der Waals surface area contributed by atoms with Gasteiger partial charge in [0.25, 0.3) is 0 Å². The van der Waals surface area contributed by atoms with E-state index in [1.165, 1.54) is 11.8 Å². The summed E-state index contributed by atoms with van der Waals surface area (Å²) < 4.78 is 5.38. The van der Waals surface area contributed by atoms with Crippen LogP contribution < -0.4 is 15.4 Å². The fourth-order valence-corrected chi connectivity index (χ4v) is 5.63. The fraction of sp³-hybridized carbons (Fsp3) is 0.400. The molecule has 0 spiro atoms. The van der Waals surface area contributed by atoms with Gasteiger partial charge in [-0.15, -0.1) is 11.8 Å². The summed E-state index contributed by atoms with van der Waals surface area (Å²) >= 11 is 8.01. The minimum Gasteiger partial charge on any atom is -0.497 e. The quantitative estimate of drug-likeness (QED) is 0.443. The number of halogens is 1. The van der Waals surface area contributed by atoms with Crippen LogP contribution in [0.1, 0.15) is 17.7 Å². The largest absolute Gasteiger partial charge is 0.497 e. The zero-order valence-electron chi connectivity index (χ0n) is 19.5. The van der Waals surface area contributed by atoms with Gasteiger partial charge in [-0.1, -0.05) is 11.6 Å². The van der Waals surface area contributed by atoms with Crippen molar-refractivity contribution in [2.45, 2.75) is 36.4 Å². The Morgan fingerprint density at radius 1 is 1.34 bits per heavy atom. The number of likely N-dealkylation sites (tertiary alicyclic amines) is 1. The summed E-state index contributed by atoms with van der Waals surface area (Å²) in [6.07, 6.45) is 2.81. The Hall–Kier alpha value is -2.43. The fourth-order valence-electron chi connectivity index (χ4n) is 4.63. The first-order valence-electron chi connectivity index (χ1n) is 11.7. The van der Waals surface area contributed by atoms with Crippen molar-refractivity contribution in [1.29, 1.82) is 0 Å². The van der Waals surface area contributed by atoms with Gasteiger partial charge in [-0.05, 0) is 55.3 Å². The van der Waals surface area contributed by atoms with E-state index in [0.717, 1.165) is 58.7 Å². The van der Waals surface area contributed by atoms with Crippen molar-refractivity contribution < 1.29 is 14.6 Å². The van der Waals surface area contributed by atoms with Gasteiger partial charge in [-0.2, -0.15) is 0 Å². The van der Waals surface area contributed by atoms with Crippen LogP contribution in [0.2, 0.25) is 5.02 Å². The first-order chi connectivity index (χ1) is 17.0. The number of aliphatic hydroxyl groups is 1. The van der Waals surface area contributed by atoms with Crippen LogP contribution in [0.3, 0.4) is 0 Å². The molecular formula is C25H28ClN5O3S. The molecule has 35 heavy (non-hydrogen) atoms. The standard InChI is InChI=1S/C25H28ClN5O3S/c1-34-16-3-4-20-18(10-16)17(19(26)12-28-20)6-8-31-9-7-21(22(32)13-31)27-11-15-2-5-23-25(29-15)30-24(33)14-35-23/h2-5,10,12,21-22,27,32H,6-9,11,13-14H2,1H3,(H,29,30,33)/t21-,22+/m0/s1. The molecule has 5 rings (SSSR count). The molecular weight excluding hydrogens is 486 g/mol. The number of pyridine rings is 2. The van der Waals surface area contributed by atoms with Gasteiger partial charge in [0.05, 0.1) is 40.1 Å².